The molecule has 4 aliphatic carbocycles. The largest absolute Gasteiger partial charge is 0.462 e. The molecule has 0 aromatic rings. The zero-order valence-corrected chi connectivity index (χ0v) is 41.4. The second-order valence-electron chi connectivity index (χ2n) is 21.2. The van der Waals surface area contributed by atoms with E-state index in [0.717, 1.165) is 70.6 Å². The Balaban J connectivity index is 1.22. The molecule has 4 rings (SSSR count). The van der Waals surface area contributed by atoms with Crippen molar-refractivity contribution in [3.05, 3.63) is 11.6 Å². The molecule has 0 bridgehead atoms. The maximum atomic E-state index is 14.2. The number of ether oxygens (including phenoxy) is 2. The lowest BCUT2D eigenvalue weighted by Crippen LogP contribution is -2.51. The third-order valence-electron chi connectivity index (χ3n) is 16.4. The maximum absolute atomic E-state index is 14.2. The van der Waals surface area contributed by atoms with Crippen molar-refractivity contribution in [1.82, 2.24) is 0 Å². The molecule has 358 valence electrons. The van der Waals surface area contributed by atoms with E-state index in [1.165, 1.54) is 134 Å². The molecule has 3 fully saturated rings. The van der Waals surface area contributed by atoms with E-state index in [9.17, 15) is 22.8 Å². The number of carbonyl (C=O) groups excluding carboxylic acids is 3. The number of rotatable bonds is 34. The van der Waals surface area contributed by atoms with Gasteiger partial charge in [-0.2, -0.15) is 0 Å². The average Bonchev–Trinajstić information content (AvgIpc) is 3.56. The molecule has 7 atom stereocenters. The molecule has 0 heterocycles. The van der Waals surface area contributed by atoms with Crippen molar-refractivity contribution in [2.45, 2.75) is 270 Å². The molecule has 62 heavy (non-hydrogen) atoms. The Morgan fingerprint density at radius 3 is 1.60 bits per heavy atom. The molecule has 3 saturated carbocycles. The summed E-state index contributed by atoms with van der Waals surface area (Å²) in [5.74, 6) is 0.817. The first-order valence-electron chi connectivity index (χ1n) is 26.7. The third kappa shape index (κ3) is 16.9. The molecule has 0 unspecified atom stereocenters. The summed E-state index contributed by atoms with van der Waals surface area (Å²) in [6, 6.07) is 0. The number of fused-ring (bicyclic) bond motifs is 5. The second-order valence-corrected chi connectivity index (χ2v) is 23.5. The molecular weight excluding hydrogens is 793 g/mol. The summed E-state index contributed by atoms with van der Waals surface area (Å²) < 4.78 is 40.0. The molecule has 0 amide bonds. The minimum atomic E-state index is -3.66. The van der Waals surface area contributed by atoms with Crippen LogP contribution in [0.4, 0.5) is 0 Å². The van der Waals surface area contributed by atoms with E-state index in [1.807, 2.05) is 0 Å². The first kappa shape index (κ1) is 52.9. The number of allylic oxidation sites excluding steroid dienone is 2. The molecule has 0 spiro atoms. The van der Waals surface area contributed by atoms with Crippen molar-refractivity contribution in [2.75, 3.05) is 12.4 Å². The first-order chi connectivity index (χ1) is 29.9. The van der Waals surface area contributed by atoms with Crippen molar-refractivity contribution in [1.29, 1.82) is 0 Å². The number of sulfone groups is 1. The van der Waals surface area contributed by atoms with Crippen LogP contribution in [0.5, 0.6) is 0 Å². The van der Waals surface area contributed by atoms with Gasteiger partial charge < -0.3 is 9.47 Å². The van der Waals surface area contributed by atoms with E-state index in [1.54, 1.807) is 0 Å². The van der Waals surface area contributed by atoms with E-state index in [2.05, 4.69) is 33.8 Å². The highest BCUT2D eigenvalue weighted by Crippen LogP contribution is 2.64. The van der Waals surface area contributed by atoms with Gasteiger partial charge in [0.2, 0.25) is 0 Å². The molecule has 8 heteroatoms. The van der Waals surface area contributed by atoms with Crippen LogP contribution in [0.3, 0.4) is 0 Å². The summed E-state index contributed by atoms with van der Waals surface area (Å²) in [7, 11) is -3.66. The van der Waals surface area contributed by atoms with Gasteiger partial charge in [-0.25, -0.2) is 8.42 Å². The molecule has 0 N–H and O–H groups in total. The monoisotopic (exact) mass is 887 g/mol. The number of ketones is 1. The molecule has 0 saturated heterocycles. The van der Waals surface area contributed by atoms with Crippen LogP contribution < -0.4 is 0 Å². The topological polar surface area (TPSA) is 104 Å². The Morgan fingerprint density at radius 2 is 1.08 bits per heavy atom. The molecule has 0 aromatic heterocycles. The zero-order valence-electron chi connectivity index (χ0n) is 40.6. The van der Waals surface area contributed by atoms with Gasteiger partial charge in [-0.15, -0.1) is 0 Å². The van der Waals surface area contributed by atoms with Gasteiger partial charge in [0.1, 0.15) is 18.5 Å². The van der Waals surface area contributed by atoms with Gasteiger partial charge in [0.25, 0.3) is 0 Å². The normalized spacial score (nSPS) is 26.3. The summed E-state index contributed by atoms with van der Waals surface area (Å²) in [6.45, 7) is 8.87. The van der Waals surface area contributed by atoms with Crippen molar-refractivity contribution in [2.24, 2.45) is 28.6 Å². The first-order valence-corrected chi connectivity index (χ1v) is 28.5. The van der Waals surface area contributed by atoms with Crippen LogP contribution in [0.1, 0.15) is 259 Å². The number of hydrogen-bond acceptors (Lipinski definition) is 7. The minimum absolute atomic E-state index is 0.0370. The van der Waals surface area contributed by atoms with Gasteiger partial charge in [-0.1, -0.05) is 193 Å². The molecule has 7 nitrogen and oxygen atoms in total. The number of carbonyl (C=O) groups is 3. The molecule has 0 radical (unpaired) electrons. The summed E-state index contributed by atoms with van der Waals surface area (Å²) in [5.41, 5.74) is 1.05. The van der Waals surface area contributed by atoms with E-state index >= 15 is 0 Å². The lowest BCUT2D eigenvalue weighted by atomic mass is 9.48. The van der Waals surface area contributed by atoms with Gasteiger partial charge in [-0.05, 0) is 81.0 Å². The smallest absolute Gasteiger partial charge is 0.306 e. The maximum Gasteiger partial charge on any atom is 0.306 e. The molecule has 4 aliphatic rings. The summed E-state index contributed by atoms with van der Waals surface area (Å²) in [5, 5.41) is -0.538. The lowest BCUT2D eigenvalue weighted by molar-refractivity contribution is -0.157. The Kier molecular flexibility index (Phi) is 24.2. The Labute approximate surface area is 381 Å². The standard InChI is InChI=1S/C54H94O7S/c1-5-7-9-11-13-15-17-19-21-23-25-27-29-31-51(56)60-42-45(61-52(57)32-30-28-26-24-22-20-18-16-14-12-10-8-6-2)43-62(58,59)46-37-39-53(3)44(41-46)33-34-47-48-35-36-50(55)54(48,4)40-38-49(47)53/h33,45-49H,5-32,34-43H2,1-4H3/t45-,46+,47+,48+,49+,53+,54+/m1/s1. The van der Waals surface area contributed by atoms with E-state index < -0.39 is 27.2 Å². The predicted octanol–water partition coefficient (Wildman–Crippen LogP) is 14.7. The van der Waals surface area contributed by atoms with Gasteiger partial charge in [0.15, 0.2) is 9.84 Å². The summed E-state index contributed by atoms with van der Waals surface area (Å²) in [4.78, 5) is 39.0. The Morgan fingerprint density at radius 1 is 0.629 bits per heavy atom. The fourth-order valence-electron chi connectivity index (χ4n) is 12.3. The van der Waals surface area contributed by atoms with Crippen molar-refractivity contribution in [3.63, 3.8) is 0 Å². The van der Waals surface area contributed by atoms with Gasteiger partial charge in [0.05, 0.1) is 11.0 Å². The minimum Gasteiger partial charge on any atom is -0.462 e. The second kappa shape index (κ2) is 28.4. The average molecular weight is 887 g/mol. The van der Waals surface area contributed by atoms with E-state index in [-0.39, 0.29) is 35.6 Å². The van der Waals surface area contributed by atoms with Crippen LogP contribution in [0.15, 0.2) is 11.6 Å². The highest BCUT2D eigenvalue weighted by molar-refractivity contribution is 7.92. The summed E-state index contributed by atoms with van der Waals surface area (Å²) >= 11 is 0. The summed E-state index contributed by atoms with van der Waals surface area (Å²) in [6.07, 6.45) is 40.3. The fourth-order valence-corrected chi connectivity index (χ4v) is 14.2. The van der Waals surface area contributed by atoms with Crippen molar-refractivity contribution >= 4 is 27.6 Å². The van der Waals surface area contributed by atoms with Gasteiger partial charge in [-0.3, -0.25) is 14.4 Å². The van der Waals surface area contributed by atoms with Crippen LogP contribution in [-0.4, -0.2) is 49.9 Å². The Hall–Kier alpha value is -1.70. The highest BCUT2D eigenvalue weighted by atomic mass is 32.2. The van der Waals surface area contributed by atoms with Crippen molar-refractivity contribution < 1.29 is 32.3 Å². The fraction of sp³-hybridized carbons (Fsp3) is 0.907. The van der Waals surface area contributed by atoms with Crippen LogP contribution in [0.2, 0.25) is 0 Å². The molecule has 0 aliphatic heterocycles. The number of unbranched alkanes of at least 4 members (excludes halogenated alkanes) is 24. The van der Waals surface area contributed by atoms with Crippen LogP contribution in [0, 0.1) is 28.6 Å². The van der Waals surface area contributed by atoms with Crippen LogP contribution in [-0.2, 0) is 33.7 Å². The van der Waals surface area contributed by atoms with Crippen LogP contribution >= 0.6 is 0 Å². The van der Waals surface area contributed by atoms with E-state index in [0.29, 0.717) is 49.2 Å². The number of esters is 2. The third-order valence-corrected chi connectivity index (χ3v) is 18.6. The van der Waals surface area contributed by atoms with Gasteiger partial charge >= 0.3 is 11.9 Å². The zero-order chi connectivity index (χ0) is 44.7. The highest BCUT2D eigenvalue weighted by Gasteiger charge is 2.59. The molecule has 0 aromatic carbocycles. The van der Waals surface area contributed by atoms with E-state index in [4.69, 9.17) is 9.47 Å². The van der Waals surface area contributed by atoms with Crippen molar-refractivity contribution in [3.8, 4) is 0 Å². The van der Waals surface area contributed by atoms with Crippen LogP contribution in [0.25, 0.3) is 0 Å². The van der Waals surface area contributed by atoms with Gasteiger partial charge in [0, 0.05) is 24.7 Å². The SMILES string of the molecule is CCCCCCCCCCCCCCCC(=O)OC[C@H](CS(=O)(=O)[C@H]1CC[C@@]2(C)C(=CC[C@@H]3[C@@H]2CC[C@]2(C)C(=O)CC[C@@H]32)C1)OC(=O)CCCCCCCCCCCCCCC. The number of Topliss-reactive ketones (excluding diaryl/α,β-unsaturated/α-hetero) is 1. The molecular formula is C54H94O7S. The quantitative estimate of drug-likeness (QED) is 0.0360. The predicted molar refractivity (Wildman–Crippen MR) is 256 cm³/mol. The number of hydrogen-bond donors (Lipinski definition) is 0. The lowest BCUT2D eigenvalue weighted by Gasteiger charge is -2.57. The Bertz CT molecular complexity index is 1450.